The quantitative estimate of drug-likeness (QED) is 0.585. The number of nitrogens with one attached hydrogen (secondary N) is 1. The van der Waals surface area contributed by atoms with Crippen molar-refractivity contribution in [3.8, 4) is 0 Å². The second-order valence-corrected chi connectivity index (χ2v) is 7.16. The summed E-state index contributed by atoms with van der Waals surface area (Å²) in [5.41, 5.74) is 2.76. The second-order valence-electron chi connectivity index (χ2n) is 7.16. The Morgan fingerprint density at radius 3 is 2.85 bits per heavy atom. The van der Waals surface area contributed by atoms with Crippen LogP contribution in [0.25, 0.3) is 22.1 Å². The van der Waals surface area contributed by atoms with Crippen molar-refractivity contribution in [3.05, 3.63) is 42.6 Å². The monoisotopic (exact) mass is 351 g/mol. The molecule has 26 heavy (non-hydrogen) atoms. The Morgan fingerprint density at radius 2 is 2.12 bits per heavy atom. The number of aromatic amines is 1. The summed E-state index contributed by atoms with van der Waals surface area (Å²) in [4.78, 5) is 16.4. The molecule has 7 heteroatoms. The molecule has 1 saturated carbocycles. The van der Waals surface area contributed by atoms with Crippen LogP contribution in [0.15, 0.2) is 35.5 Å². The lowest BCUT2D eigenvalue weighted by Gasteiger charge is -2.30. The van der Waals surface area contributed by atoms with Crippen LogP contribution in [0, 0.1) is 0 Å². The Balaban J connectivity index is 1.57. The minimum absolute atomic E-state index is 0.310. The van der Waals surface area contributed by atoms with Gasteiger partial charge >= 0.3 is 0 Å². The van der Waals surface area contributed by atoms with Gasteiger partial charge in [0.2, 0.25) is 0 Å². The maximum Gasteiger partial charge on any atom is 0.180 e. The number of nitrogens with zero attached hydrogens (tertiary/aromatic N) is 4. The summed E-state index contributed by atoms with van der Waals surface area (Å²) in [6.45, 7) is 1.78. The van der Waals surface area contributed by atoms with Crippen LogP contribution in [-0.4, -0.2) is 29.6 Å². The second kappa shape index (κ2) is 5.95. The standard InChI is InChI=1S/C19H21N5O2/c1-11(25)19-23-15-8-22-18-14(6-7-21-18)17(15)24(19)13-4-2-12(3-5-13)16-9-20-10-26-16/h6-13,25H,2-5H2,1H3,(H,21,22)/t11-,12?,13?/m1/s1. The Hall–Kier alpha value is -2.67. The number of aromatic nitrogens is 5. The SMILES string of the molecule is C[C@@H](O)c1nc2cnc3[nH]ccc3c2n1C1CCC(c2cnco2)CC1. The first kappa shape index (κ1) is 15.6. The van der Waals surface area contributed by atoms with Gasteiger partial charge in [0.15, 0.2) is 6.39 Å². The van der Waals surface area contributed by atoms with Crippen molar-refractivity contribution in [1.29, 1.82) is 0 Å². The summed E-state index contributed by atoms with van der Waals surface area (Å²) in [6.07, 6.45) is 10.5. The van der Waals surface area contributed by atoms with Crippen LogP contribution < -0.4 is 0 Å². The summed E-state index contributed by atoms with van der Waals surface area (Å²) in [6, 6.07) is 2.35. The molecule has 4 aromatic heterocycles. The predicted octanol–water partition coefficient (Wildman–Crippen LogP) is 3.85. The Morgan fingerprint density at radius 1 is 1.27 bits per heavy atom. The highest BCUT2D eigenvalue weighted by Gasteiger charge is 2.29. The summed E-state index contributed by atoms with van der Waals surface area (Å²) in [5, 5.41) is 11.4. The van der Waals surface area contributed by atoms with E-state index in [-0.39, 0.29) is 0 Å². The largest absolute Gasteiger partial charge is 0.448 e. The molecule has 5 rings (SSSR count). The number of imidazole rings is 1. The fraction of sp³-hybridized carbons (Fsp3) is 0.421. The van der Waals surface area contributed by atoms with Gasteiger partial charge in [-0.25, -0.2) is 15.0 Å². The van der Waals surface area contributed by atoms with E-state index in [9.17, 15) is 5.11 Å². The zero-order chi connectivity index (χ0) is 17.7. The number of pyridine rings is 1. The van der Waals surface area contributed by atoms with Crippen LogP contribution in [0.3, 0.4) is 0 Å². The van der Waals surface area contributed by atoms with Crippen LogP contribution >= 0.6 is 0 Å². The van der Waals surface area contributed by atoms with Gasteiger partial charge in [0.25, 0.3) is 0 Å². The van der Waals surface area contributed by atoms with Crippen LogP contribution in [0.1, 0.15) is 62.3 Å². The van der Waals surface area contributed by atoms with Crippen molar-refractivity contribution in [2.24, 2.45) is 0 Å². The van der Waals surface area contributed by atoms with E-state index in [2.05, 4.69) is 19.5 Å². The molecule has 1 aliphatic rings. The molecule has 7 nitrogen and oxygen atoms in total. The predicted molar refractivity (Wildman–Crippen MR) is 96.8 cm³/mol. The molecular formula is C19H21N5O2. The van der Waals surface area contributed by atoms with Gasteiger partial charge in [0.1, 0.15) is 28.9 Å². The van der Waals surface area contributed by atoms with Gasteiger partial charge in [-0.05, 0) is 38.7 Å². The normalized spacial score (nSPS) is 22.2. The lowest BCUT2D eigenvalue weighted by atomic mass is 9.84. The van der Waals surface area contributed by atoms with Crippen LogP contribution in [0.4, 0.5) is 0 Å². The highest BCUT2D eigenvalue weighted by molar-refractivity contribution is 6.01. The molecule has 0 aromatic carbocycles. The van der Waals surface area contributed by atoms with E-state index in [0.29, 0.717) is 12.0 Å². The Bertz CT molecular complexity index is 1040. The summed E-state index contributed by atoms with van der Waals surface area (Å²) in [7, 11) is 0. The Labute approximate surface area is 150 Å². The maximum absolute atomic E-state index is 10.3. The molecular weight excluding hydrogens is 330 g/mol. The van der Waals surface area contributed by atoms with E-state index in [1.807, 2.05) is 18.5 Å². The first-order chi connectivity index (χ1) is 12.7. The topological polar surface area (TPSA) is 92.8 Å². The molecule has 4 heterocycles. The molecule has 4 aromatic rings. The Kier molecular flexibility index (Phi) is 3.56. The molecule has 0 saturated heterocycles. The molecule has 0 amide bonds. The van der Waals surface area contributed by atoms with Crippen LogP contribution in [0.5, 0.6) is 0 Å². The minimum Gasteiger partial charge on any atom is -0.448 e. The minimum atomic E-state index is -0.622. The zero-order valence-electron chi connectivity index (χ0n) is 14.6. The highest BCUT2D eigenvalue weighted by atomic mass is 16.3. The highest BCUT2D eigenvalue weighted by Crippen LogP contribution is 2.41. The molecule has 0 radical (unpaired) electrons. The molecule has 1 aliphatic carbocycles. The lowest BCUT2D eigenvalue weighted by molar-refractivity contribution is 0.176. The van der Waals surface area contributed by atoms with E-state index in [1.54, 1.807) is 13.1 Å². The average Bonchev–Trinajstić information content (AvgIpc) is 3.39. The van der Waals surface area contributed by atoms with Crippen LogP contribution in [0.2, 0.25) is 0 Å². The van der Waals surface area contributed by atoms with Gasteiger partial charge in [-0.2, -0.15) is 0 Å². The number of hydrogen-bond acceptors (Lipinski definition) is 5. The number of rotatable bonds is 3. The molecule has 2 N–H and O–H groups in total. The van der Waals surface area contributed by atoms with Crippen molar-refractivity contribution in [3.63, 3.8) is 0 Å². The third-order valence-corrected chi connectivity index (χ3v) is 5.55. The van der Waals surface area contributed by atoms with E-state index in [4.69, 9.17) is 9.40 Å². The molecule has 0 bridgehead atoms. The maximum atomic E-state index is 10.3. The lowest BCUT2D eigenvalue weighted by Crippen LogP contribution is -2.20. The molecule has 0 unspecified atom stereocenters. The molecule has 1 atom stereocenters. The fourth-order valence-corrected chi connectivity index (χ4v) is 4.32. The molecule has 0 aliphatic heterocycles. The number of oxazole rings is 1. The van der Waals surface area contributed by atoms with Gasteiger partial charge in [0.05, 0.1) is 17.9 Å². The molecule has 134 valence electrons. The van der Waals surface area contributed by atoms with E-state index in [0.717, 1.165) is 59.3 Å². The third-order valence-electron chi connectivity index (χ3n) is 5.55. The zero-order valence-corrected chi connectivity index (χ0v) is 14.6. The van der Waals surface area contributed by atoms with Gasteiger partial charge in [-0.15, -0.1) is 0 Å². The van der Waals surface area contributed by atoms with Gasteiger partial charge < -0.3 is 19.1 Å². The van der Waals surface area contributed by atoms with Crippen molar-refractivity contribution < 1.29 is 9.52 Å². The number of fused-ring (bicyclic) bond motifs is 3. The van der Waals surface area contributed by atoms with Gasteiger partial charge in [-0.3, -0.25) is 0 Å². The van der Waals surface area contributed by atoms with Crippen molar-refractivity contribution in [2.75, 3.05) is 0 Å². The summed E-state index contributed by atoms with van der Waals surface area (Å²) in [5.74, 6) is 2.12. The number of H-pyrrole nitrogens is 1. The fourth-order valence-electron chi connectivity index (χ4n) is 4.32. The average molecular weight is 351 g/mol. The molecule has 1 fully saturated rings. The van der Waals surface area contributed by atoms with Crippen molar-refractivity contribution in [2.45, 2.75) is 50.7 Å². The van der Waals surface area contributed by atoms with E-state index in [1.165, 1.54) is 6.39 Å². The number of hydrogen-bond donors (Lipinski definition) is 2. The number of aliphatic hydroxyl groups excluding tert-OH is 1. The van der Waals surface area contributed by atoms with Crippen molar-refractivity contribution >= 4 is 22.1 Å². The van der Waals surface area contributed by atoms with Gasteiger partial charge in [-0.1, -0.05) is 0 Å². The third kappa shape index (κ3) is 2.34. The van der Waals surface area contributed by atoms with Crippen molar-refractivity contribution in [1.82, 2.24) is 24.5 Å². The smallest absolute Gasteiger partial charge is 0.180 e. The van der Waals surface area contributed by atoms with E-state index < -0.39 is 6.10 Å². The van der Waals surface area contributed by atoms with E-state index >= 15 is 0 Å². The first-order valence-corrected chi connectivity index (χ1v) is 9.12. The first-order valence-electron chi connectivity index (χ1n) is 9.12. The van der Waals surface area contributed by atoms with Gasteiger partial charge in [0, 0.05) is 23.5 Å². The summed E-state index contributed by atoms with van der Waals surface area (Å²) >= 11 is 0. The molecule has 0 spiro atoms. The number of aliphatic hydroxyl groups is 1. The van der Waals surface area contributed by atoms with Crippen LogP contribution in [-0.2, 0) is 0 Å². The summed E-state index contributed by atoms with van der Waals surface area (Å²) < 4.78 is 7.74.